The number of hydroxylamine groups is 1. The predicted molar refractivity (Wildman–Crippen MR) is 61.6 cm³/mol. The molecule has 5 nitrogen and oxygen atoms in total. The van der Waals surface area contributed by atoms with E-state index in [1.807, 2.05) is 0 Å². The average molecular weight is 219 g/mol. The minimum Gasteiger partial charge on any atom is -0.317 e. The average Bonchev–Trinajstić information content (AvgIpc) is 2.26. The van der Waals surface area contributed by atoms with Gasteiger partial charge in [0.2, 0.25) is 0 Å². The van der Waals surface area contributed by atoms with Crippen LogP contribution in [-0.2, 0) is 4.99 Å². The molecule has 0 aromatic heterocycles. The number of hydrogen-bond acceptors (Lipinski definition) is 5. The summed E-state index contributed by atoms with van der Waals surface area (Å²) in [5, 5.41) is 14.7. The largest absolute Gasteiger partial charge is 0.317 e. The van der Waals surface area contributed by atoms with Crippen LogP contribution < -0.4 is 16.1 Å². The van der Waals surface area contributed by atoms with Gasteiger partial charge in [0.15, 0.2) is 0 Å². The van der Waals surface area contributed by atoms with Gasteiger partial charge in [-0.1, -0.05) is 6.92 Å². The summed E-state index contributed by atoms with van der Waals surface area (Å²) in [5.74, 6) is 0. The molecule has 15 heavy (non-hydrogen) atoms. The van der Waals surface area contributed by atoms with E-state index in [0.29, 0.717) is 6.54 Å². The van der Waals surface area contributed by atoms with Gasteiger partial charge < -0.3 is 10.6 Å². The van der Waals surface area contributed by atoms with Crippen LogP contribution in [-0.4, -0.2) is 38.0 Å². The second kappa shape index (κ2) is 13.8. The maximum Gasteiger partial charge on any atom is 0.0240 e. The van der Waals surface area contributed by atoms with E-state index in [1.165, 1.54) is 12.8 Å². The lowest BCUT2D eigenvalue weighted by Crippen LogP contribution is -2.21. The summed E-state index contributed by atoms with van der Waals surface area (Å²) in [7, 11) is 0. The second-order valence-electron chi connectivity index (χ2n) is 3.50. The Hall–Kier alpha value is -0.200. The van der Waals surface area contributed by atoms with Gasteiger partial charge in [-0.2, -0.15) is 5.48 Å². The smallest absolute Gasteiger partial charge is 0.0240 e. The zero-order chi connectivity index (χ0) is 11.2. The monoisotopic (exact) mass is 219 g/mol. The van der Waals surface area contributed by atoms with E-state index < -0.39 is 0 Å². The van der Waals surface area contributed by atoms with Crippen LogP contribution in [0.3, 0.4) is 0 Å². The van der Waals surface area contributed by atoms with Gasteiger partial charge in [0.25, 0.3) is 0 Å². The fraction of sp³-hybridized carbons (Fsp3) is 1.00. The van der Waals surface area contributed by atoms with Crippen molar-refractivity contribution in [1.29, 1.82) is 0 Å². The Bertz CT molecular complexity index is 103. The van der Waals surface area contributed by atoms with Crippen LogP contribution in [0.1, 0.15) is 32.6 Å². The van der Waals surface area contributed by atoms with E-state index in [2.05, 4.69) is 28.0 Å². The van der Waals surface area contributed by atoms with Gasteiger partial charge in [-0.3, -0.25) is 0 Å². The molecule has 0 rings (SSSR count). The molecular weight excluding hydrogens is 194 g/mol. The molecule has 92 valence electrons. The molecule has 4 N–H and O–H groups in total. The minimum atomic E-state index is 0.693. The third kappa shape index (κ3) is 13.8. The predicted octanol–water partition coefficient (Wildman–Crippen LogP) is 0.740. The third-order valence-electron chi connectivity index (χ3n) is 2.15. The molecule has 0 amide bonds. The van der Waals surface area contributed by atoms with Crippen molar-refractivity contribution in [2.45, 2.75) is 32.6 Å². The fourth-order valence-electron chi connectivity index (χ4n) is 1.29. The summed E-state index contributed by atoms with van der Waals surface area (Å²) in [6, 6.07) is 0. The molecule has 0 saturated carbocycles. The van der Waals surface area contributed by atoms with Crippen molar-refractivity contribution in [3.63, 3.8) is 0 Å². The van der Waals surface area contributed by atoms with E-state index in [1.54, 1.807) is 0 Å². The summed E-state index contributed by atoms with van der Waals surface area (Å²) >= 11 is 0. The van der Waals surface area contributed by atoms with Crippen molar-refractivity contribution in [1.82, 2.24) is 16.1 Å². The number of rotatable bonds is 12. The zero-order valence-electron chi connectivity index (χ0n) is 9.72. The quantitative estimate of drug-likeness (QED) is 0.221. The summed E-state index contributed by atoms with van der Waals surface area (Å²) < 4.78 is 0. The van der Waals surface area contributed by atoms with Crippen LogP contribution in [0.15, 0.2) is 0 Å². The minimum absolute atomic E-state index is 0.693. The van der Waals surface area contributed by atoms with E-state index >= 15 is 0 Å². The van der Waals surface area contributed by atoms with Crippen molar-refractivity contribution in [3.05, 3.63) is 0 Å². The van der Waals surface area contributed by atoms with Crippen molar-refractivity contribution >= 4 is 0 Å². The summed E-state index contributed by atoms with van der Waals surface area (Å²) in [5.41, 5.74) is 2.39. The molecule has 0 radical (unpaired) electrons. The Morgan fingerprint density at radius 1 is 0.867 bits per heavy atom. The van der Waals surface area contributed by atoms with E-state index in [0.717, 1.165) is 39.0 Å². The first-order valence-electron chi connectivity index (χ1n) is 5.86. The molecule has 0 aliphatic heterocycles. The highest BCUT2D eigenvalue weighted by molar-refractivity contribution is 4.51. The molecule has 0 aliphatic rings. The van der Waals surface area contributed by atoms with Crippen molar-refractivity contribution in [3.8, 4) is 0 Å². The number of nitrogens with one attached hydrogen (secondary N) is 3. The molecule has 0 fully saturated rings. The number of unbranched alkanes of at least 4 members (excludes halogenated alkanes) is 2. The Morgan fingerprint density at radius 2 is 1.40 bits per heavy atom. The summed E-state index contributed by atoms with van der Waals surface area (Å²) in [6.45, 7) is 7.13. The van der Waals surface area contributed by atoms with Crippen LogP contribution in [0.2, 0.25) is 0 Å². The molecule has 0 heterocycles. The topological polar surface area (TPSA) is 65.5 Å². The summed E-state index contributed by atoms with van der Waals surface area (Å²) in [4.78, 5) is 3.75. The van der Waals surface area contributed by atoms with Crippen LogP contribution in [0.5, 0.6) is 0 Å². The fourth-order valence-corrected chi connectivity index (χ4v) is 1.29. The second-order valence-corrected chi connectivity index (χ2v) is 3.50. The van der Waals surface area contributed by atoms with Crippen LogP contribution in [0, 0.1) is 0 Å². The lowest BCUT2D eigenvalue weighted by atomic mass is 10.3. The van der Waals surface area contributed by atoms with Gasteiger partial charge in [-0.05, 0) is 51.9 Å². The standard InChI is InChI=1S/C10H25N3O2/c1-2-11-7-3-4-8-12-9-5-6-10-13-15-14/h11-14H,2-10H2,1H3. The van der Waals surface area contributed by atoms with Crippen molar-refractivity contribution in [2.24, 2.45) is 0 Å². The van der Waals surface area contributed by atoms with Gasteiger partial charge in [0.05, 0.1) is 0 Å². The number of hydrogen-bond donors (Lipinski definition) is 4. The molecule has 5 heteroatoms. The van der Waals surface area contributed by atoms with Gasteiger partial charge in [0.1, 0.15) is 0 Å². The highest BCUT2D eigenvalue weighted by Gasteiger charge is 1.90. The van der Waals surface area contributed by atoms with Crippen LogP contribution in [0.4, 0.5) is 0 Å². The van der Waals surface area contributed by atoms with E-state index in [-0.39, 0.29) is 0 Å². The highest BCUT2D eigenvalue weighted by Crippen LogP contribution is 1.87. The molecule has 0 aromatic carbocycles. The molecule has 0 unspecified atom stereocenters. The van der Waals surface area contributed by atoms with E-state index in [9.17, 15) is 0 Å². The Morgan fingerprint density at radius 3 is 1.93 bits per heavy atom. The van der Waals surface area contributed by atoms with Gasteiger partial charge in [-0.15, -0.1) is 4.99 Å². The third-order valence-corrected chi connectivity index (χ3v) is 2.15. The van der Waals surface area contributed by atoms with Gasteiger partial charge in [0, 0.05) is 6.54 Å². The van der Waals surface area contributed by atoms with Gasteiger partial charge >= 0.3 is 0 Å². The molecule has 0 saturated heterocycles. The molecule has 0 atom stereocenters. The lowest BCUT2D eigenvalue weighted by Gasteiger charge is -2.05. The van der Waals surface area contributed by atoms with Crippen molar-refractivity contribution < 1.29 is 10.2 Å². The molecule has 0 aromatic rings. The summed E-state index contributed by atoms with van der Waals surface area (Å²) in [6.07, 6.45) is 4.57. The molecule has 0 spiro atoms. The van der Waals surface area contributed by atoms with E-state index in [4.69, 9.17) is 5.26 Å². The Labute approximate surface area is 92.5 Å². The molecule has 0 bridgehead atoms. The highest BCUT2D eigenvalue weighted by atomic mass is 17.2. The lowest BCUT2D eigenvalue weighted by molar-refractivity contribution is -0.291. The molecular formula is C10H25N3O2. The maximum absolute atomic E-state index is 7.98. The van der Waals surface area contributed by atoms with Crippen LogP contribution in [0.25, 0.3) is 0 Å². The maximum atomic E-state index is 7.98. The Kier molecular flexibility index (Phi) is 13.6. The van der Waals surface area contributed by atoms with Crippen molar-refractivity contribution in [2.75, 3.05) is 32.7 Å². The normalized spacial score (nSPS) is 10.8. The first kappa shape index (κ1) is 14.8. The zero-order valence-corrected chi connectivity index (χ0v) is 9.72. The Balaban J connectivity index is 2.81. The van der Waals surface area contributed by atoms with Crippen LogP contribution >= 0.6 is 0 Å². The first-order chi connectivity index (χ1) is 7.41. The molecule has 0 aliphatic carbocycles. The first-order valence-corrected chi connectivity index (χ1v) is 5.86. The van der Waals surface area contributed by atoms with Gasteiger partial charge in [-0.25, -0.2) is 5.26 Å². The SMILES string of the molecule is CCNCCCCNCCCCNOO.